The molecule has 0 spiro atoms. The number of aromatic amines is 1. The van der Waals surface area contributed by atoms with Crippen LogP contribution < -0.4 is 10.9 Å². The lowest BCUT2D eigenvalue weighted by molar-refractivity contribution is -0.121. The summed E-state index contributed by atoms with van der Waals surface area (Å²) < 4.78 is 0. The molecule has 6 nitrogen and oxygen atoms in total. The number of carbonyl (C=O) groups excluding carboxylic acids is 1. The molecule has 2 heterocycles. The minimum atomic E-state index is -0.287. The normalized spacial score (nSPS) is 12.1. The standard InChI is InChI=1S/C14H18N4O2S/c1-3-9(2)15-12(19)7-6-10-14(20)16-13(18-17-10)11-5-4-8-21-11/h4-5,8-9H,3,6-7H2,1-2H3,(H,15,19)(H,16,18,20). The molecule has 0 saturated heterocycles. The monoisotopic (exact) mass is 306 g/mol. The lowest BCUT2D eigenvalue weighted by Crippen LogP contribution is -2.32. The van der Waals surface area contributed by atoms with Crippen LogP contribution in [0.3, 0.4) is 0 Å². The predicted octanol–water partition coefficient (Wildman–Crippen LogP) is 1.74. The first-order valence-corrected chi connectivity index (χ1v) is 7.77. The van der Waals surface area contributed by atoms with E-state index in [9.17, 15) is 9.59 Å². The number of nitrogens with zero attached hydrogens (tertiary/aromatic N) is 2. The number of hydrogen-bond donors (Lipinski definition) is 2. The Morgan fingerprint density at radius 1 is 1.48 bits per heavy atom. The Morgan fingerprint density at radius 3 is 2.90 bits per heavy atom. The van der Waals surface area contributed by atoms with Crippen molar-refractivity contribution < 1.29 is 4.79 Å². The average Bonchev–Trinajstić information content (AvgIpc) is 3.00. The van der Waals surface area contributed by atoms with Crippen LogP contribution in [0.2, 0.25) is 0 Å². The summed E-state index contributed by atoms with van der Waals surface area (Å²) in [5.41, 5.74) is -0.000604. The fraction of sp³-hybridized carbons (Fsp3) is 0.429. The van der Waals surface area contributed by atoms with Gasteiger partial charge in [0.25, 0.3) is 5.56 Å². The van der Waals surface area contributed by atoms with Crippen molar-refractivity contribution in [3.8, 4) is 10.7 Å². The minimum absolute atomic E-state index is 0.0760. The fourth-order valence-electron chi connectivity index (χ4n) is 1.73. The van der Waals surface area contributed by atoms with E-state index in [1.807, 2.05) is 31.4 Å². The molecule has 1 atom stereocenters. The van der Waals surface area contributed by atoms with Gasteiger partial charge in [0.05, 0.1) is 4.88 Å². The lowest BCUT2D eigenvalue weighted by Gasteiger charge is -2.10. The van der Waals surface area contributed by atoms with Gasteiger partial charge in [0.15, 0.2) is 5.82 Å². The van der Waals surface area contributed by atoms with Crippen LogP contribution in [0.25, 0.3) is 10.7 Å². The van der Waals surface area contributed by atoms with Gasteiger partial charge in [-0.15, -0.1) is 21.5 Å². The van der Waals surface area contributed by atoms with Crippen LogP contribution in [0.5, 0.6) is 0 Å². The highest BCUT2D eigenvalue weighted by molar-refractivity contribution is 7.13. The van der Waals surface area contributed by atoms with Gasteiger partial charge in [0, 0.05) is 18.9 Å². The van der Waals surface area contributed by atoms with Gasteiger partial charge in [-0.05, 0) is 24.8 Å². The maximum Gasteiger partial charge on any atom is 0.273 e. The van der Waals surface area contributed by atoms with Gasteiger partial charge in [-0.3, -0.25) is 9.59 Å². The van der Waals surface area contributed by atoms with Gasteiger partial charge in [0.2, 0.25) is 5.91 Å². The molecule has 0 aromatic carbocycles. The molecule has 7 heteroatoms. The molecule has 0 aliphatic heterocycles. The van der Waals surface area contributed by atoms with E-state index in [0.29, 0.717) is 5.82 Å². The quantitative estimate of drug-likeness (QED) is 0.851. The molecular formula is C14H18N4O2S. The molecular weight excluding hydrogens is 288 g/mol. The van der Waals surface area contributed by atoms with Crippen molar-refractivity contribution in [3.63, 3.8) is 0 Å². The predicted molar refractivity (Wildman–Crippen MR) is 82.2 cm³/mol. The van der Waals surface area contributed by atoms with Crippen LogP contribution in [0.1, 0.15) is 32.4 Å². The molecule has 1 amide bonds. The Bertz CT molecular complexity index is 651. The first kappa shape index (κ1) is 15.4. The summed E-state index contributed by atoms with van der Waals surface area (Å²) in [5.74, 6) is 0.385. The third-order valence-corrected chi connectivity index (χ3v) is 4.00. The molecule has 21 heavy (non-hydrogen) atoms. The highest BCUT2D eigenvalue weighted by Crippen LogP contribution is 2.18. The van der Waals surface area contributed by atoms with Gasteiger partial charge in [-0.2, -0.15) is 0 Å². The number of H-pyrrole nitrogens is 1. The lowest BCUT2D eigenvalue weighted by atomic mass is 10.2. The molecule has 0 saturated carbocycles. The number of nitrogens with one attached hydrogen (secondary N) is 2. The van der Waals surface area contributed by atoms with Crippen molar-refractivity contribution in [2.45, 2.75) is 39.2 Å². The summed E-state index contributed by atoms with van der Waals surface area (Å²) in [7, 11) is 0. The zero-order valence-electron chi connectivity index (χ0n) is 12.0. The van der Waals surface area contributed by atoms with Crippen LogP contribution in [0, 0.1) is 0 Å². The van der Waals surface area contributed by atoms with Crippen LogP contribution in [-0.2, 0) is 11.2 Å². The second-order valence-electron chi connectivity index (χ2n) is 4.80. The Hall–Kier alpha value is -2.02. The third-order valence-electron chi connectivity index (χ3n) is 3.13. The summed E-state index contributed by atoms with van der Waals surface area (Å²) in [6.45, 7) is 3.95. The van der Waals surface area contributed by atoms with Crippen molar-refractivity contribution in [3.05, 3.63) is 33.6 Å². The molecule has 0 aliphatic rings. The van der Waals surface area contributed by atoms with Crippen LogP contribution in [-0.4, -0.2) is 27.1 Å². The second kappa shape index (κ2) is 7.12. The number of aryl methyl sites for hydroxylation is 1. The molecule has 0 bridgehead atoms. The molecule has 1 unspecified atom stereocenters. The second-order valence-corrected chi connectivity index (χ2v) is 5.75. The van der Waals surface area contributed by atoms with E-state index in [-0.39, 0.29) is 36.0 Å². The fourth-order valence-corrected chi connectivity index (χ4v) is 2.39. The van der Waals surface area contributed by atoms with E-state index >= 15 is 0 Å². The Labute approximate surface area is 126 Å². The van der Waals surface area contributed by atoms with Crippen molar-refractivity contribution in [1.29, 1.82) is 0 Å². The van der Waals surface area contributed by atoms with Crippen molar-refractivity contribution in [1.82, 2.24) is 20.5 Å². The zero-order chi connectivity index (χ0) is 15.2. The minimum Gasteiger partial charge on any atom is -0.354 e. The van der Waals surface area contributed by atoms with E-state index in [4.69, 9.17) is 0 Å². The number of rotatable bonds is 6. The zero-order valence-corrected chi connectivity index (χ0v) is 12.9. The molecule has 2 aromatic rings. The van der Waals surface area contributed by atoms with E-state index in [0.717, 1.165) is 11.3 Å². The average molecular weight is 306 g/mol. The Morgan fingerprint density at radius 2 is 2.29 bits per heavy atom. The first-order valence-electron chi connectivity index (χ1n) is 6.89. The molecule has 2 N–H and O–H groups in total. The smallest absolute Gasteiger partial charge is 0.273 e. The summed E-state index contributed by atoms with van der Waals surface area (Å²) in [6.07, 6.45) is 1.40. The maximum atomic E-state index is 11.9. The molecule has 0 radical (unpaired) electrons. The van der Waals surface area contributed by atoms with E-state index in [1.165, 1.54) is 11.3 Å². The summed E-state index contributed by atoms with van der Waals surface area (Å²) in [5, 5.41) is 12.7. The first-order chi connectivity index (χ1) is 10.1. The van der Waals surface area contributed by atoms with Crippen LogP contribution >= 0.6 is 11.3 Å². The van der Waals surface area contributed by atoms with Crippen LogP contribution in [0.4, 0.5) is 0 Å². The van der Waals surface area contributed by atoms with E-state index < -0.39 is 0 Å². The molecule has 2 aromatic heterocycles. The van der Waals surface area contributed by atoms with Gasteiger partial charge < -0.3 is 10.3 Å². The molecule has 2 rings (SSSR count). The summed E-state index contributed by atoms with van der Waals surface area (Å²) in [4.78, 5) is 27.2. The van der Waals surface area contributed by atoms with Crippen LogP contribution in [0.15, 0.2) is 22.3 Å². The van der Waals surface area contributed by atoms with E-state index in [1.54, 1.807) is 0 Å². The van der Waals surface area contributed by atoms with Gasteiger partial charge >= 0.3 is 0 Å². The number of thiophene rings is 1. The maximum absolute atomic E-state index is 11.9. The number of aromatic nitrogens is 3. The number of carbonyl (C=O) groups is 1. The highest BCUT2D eigenvalue weighted by atomic mass is 32.1. The summed E-state index contributed by atoms with van der Waals surface area (Å²) >= 11 is 1.48. The van der Waals surface area contributed by atoms with Gasteiger partial charge in [0.1, 0.15) is 5.69 Å². The highest BCUT2D eigenvalue weighted by Gasteiger charge is 2.10. The molecule has 0 aliphatic carbocycles. The van der Waals surface area contributed by atoms with Crippen molar-refractivity contribution in [2.24, 2.45) is 0 Å². The Balaban J connectivity index is 1.99. The van der Waals surface area contributed by atoms with Crippen molar-refractivity contribution >= 4 is 17.2 Å². The van der Waals surface area contributed by atoms with Gasteiger partial charge in [-0.25, -0.2) is 0 Å². The largest absolute Gasteiger partial charge is 0.354 e. The topological polar surface area (TPSA) is 87.7 Å². The summed E-state index contributed by atoms with van der Waals surface area (Å²) in [6, 6.07) is 3.89. The SMILES string of the molecule is CCC(C)NC(=O)CCc1nnc(-c2cccs2)[nH]c1=O. The van der Waals surface area contributed by atoms with Crippen molar-refractivity contribution in [2.75, 3.05) is 0 Å². The van der Waals surface area contributed by atoms with Gasteiger partial charge in [-0.1, -0.05) is 13.0 Å². The van der Waals surface area contributed by atoms with E-state index in [2.05, 4.69) is 20.5 Å². The Kier molecular flexibility index (Phi) is 5.21. The molecule has 112 valence electrons. The number of amides is 1. The number of hydrogen-bond acceptors (Lipinski definition) is 5. The third kappa shape index (κ3) is 4.22. The molecule has 0 fully saturated rings.